The minimum atomic E-state index is -0.221. The Morgan fingerprint density at radius 3 is 3.04 bits per heavy atom. The second kappa shape index (κ2) is 6.93. The number of carbonyl (C=O) groups excluding carboxylic acids is 2. The van der Waals surface area contributed by atoms with Gasteiger partial charge in [-0.2, -0.15) is 0 Å². The van der Waals surface area contributed by atoms with Crippen LogP contribution in [0.2, 0.25) is 0 Å². The maximum atomic E-state index is 13.1. The van der Waals surface area contributed by atoms with Crippen molar-refractivity contribution < 1.29 is 14.0 Å². The van der Waals surface area contributed by atoms with Crippen molar-refractivity contribution in [2.24, 2.45) is 0 Å². The molecular formula is C18H23N5O3. The Morgan fingerprint density at radius 2 is 2.23 bits per heavy atom. The summed E-state index contributed by atoms with van der Waals surface area (Å²) in [6, 6.07) is 1.47. The Morgan fingerprint density at radius 1 is 1.35 bits per heavy atom. The summed E-state index contributed by atoms with van der Waals surface area (Å²) in [5.41, 5.74) is 0.544. The summed E-state index contributed by atoms with van der Waals surface area (Å²) in [7, 11) is 0. The van der Waals surface area contributed by atoms with Gasteiger partial charge < -0.3 is 19.2 Å². The molecule has 0 bridgehead atoms. The number of fused-ring (bicyclic) bond motifs is 1. The second-order valence-electron chi connectivity index (χ2n) is 6.99. The van der Waals surface area contributed by atoms with Gasteiger partial charge in [0.1, 0.15) is 24.0 Å². The van der Waals surface area contributed by atoms with Crippen LogP contribution in [0.1, 0.15) is 53.7 Å². The first-order chi connectivity index (χ1) is 12.6. The molecule has 138 valence electrons. The zero-order chi connectivity index (χ0) is 18.1. The van der Waals surface area contributed by atoms with Gasteiger partial charge in [-0.3, -0.25) is 9.59 Å². The number of hydrogen-bond donors (Lipinski definition) is 1. The van der Waals surface area contributed by atoms with Crippen LogP contribution in [0, 0.1) is 6.92 Å². The van der Waals surface area contributed by atoms with Gasteiger partial charge in [-0.25, -0.2) is 0 Å². The fourth-order valence-electron chi connectivity index (χ4n) is 4.00. The van der Waals surface area contributed by atoms with E-state index in [1.54, 1.807) is 19.3 Å². The zero-order valence-corrected chi connectivity index (χ0v) is 14.9. The number of likely N-dealkylation sites (tertiary alicyclic amines) is 1. The lowest BCUT2D eigenvalue weighted by molar-refractivity contribution is -0.136. The van der Waals surface area contributed by atoms with Crippen molar-refractivity contribution in [1.82, 2.24) is 25.0 Å². The minimum Gasteiger partial charge on any atom is -0.469 e. The van der Waals surface area contributed by atoms with Gasteiger partial charge in [0.15, 0.2) is 0 Å². The molecule has 1 saturated heterocycles. The molecule has 0 radical (unpaired) electrons. The van der Waals surface area contributed by atoms with Crippen molar-refractivity contribution in [3.8, 4) is 0 Å². The predicted octanol–water partition coefficient (Wildman–Crippen LogP) is 1.48. The van der Waals surface area contributed by atoms with Crippen molar-refractivity contribution >= 4 is 11.8 Å². The van der Waals surface area contributed by atoms with Crippen molar-refractivity contribution in [2.75, 3.05) is 13.1 Å². The van der Waals surface area contributed by atoms with Crippen LogP contribution in [0.4, 0.5) is 0 Å². The summed E-state index contributed by atoms with van der Waals surface area (Å²) < 4.78 is 7.09. The Labute approximate surface area is 151 Å². The summed E-state index contributed by atoms with van der Waals surface area (Å²) in [4.78, 5) is 27.3. The van der Waals surface area contributed by atoms with Gasteiger partial charge in [0, 0.05) is 25.6 Å². The molecule has 1 N–H and O–H groups in total. The average molecular weight is 357 g/mol. The van der Waals surface area contributed by atoms with E-state index >= 15 is 0 Å². The normalized spacial score (nSPS) is 22.3. The van der Waals surface area contributed by atoms with E-state index in [9.17, 15) is 9.59 Å². The van der Waals surface area contributed by atoms with Gasteiger partial charge >= 0.3 is 0 Å². The van der Waals surface area contributed by atoms with Crippen molar-refractivity contribution in [3.05, 3.63) is 35.8 Å². The van der Waals surface area contributed by atoms with Crippen LogP contribution in [-0.4, -0.2) is 50.6 Å². The molecule has 0 aromatic carbocycles. The van der Waals surface area contributed by atoms with Gasteiger partial charge in [-0.15, -0.1) is 10.2 Å². The highest BCUT2D eigenvalue weighted by atomic mass is 16.3. The van der Waals surface area contributed by atoms with E-state index in [0.717, 1.165) is 44.5 Å². The number of carbonyl (C=O) groups is 2. The standard InChI is InChI=1S/C18H23N5O3/c1-12-14(7-9-26-12)17(24)19-10-13-4-3-8-22(13)18(25)15-5-2-6-16-21-20-11-23(15)16/h7,9,11,13,15H,2-6,8,10H2,1H3,(H,19,24)/t13-,15?/m1/s1. The molecule has 2 aromatic rings. The van der Waals surface area contributed by atoms with Crippen molar-refractivity contribution in [2.45, 2.75) is 51.1 Å². The molecule has 0 saturated carbocycles. The van der Waals surface area contributed by atoms with Crippen LogP contribution in [0.15, 0.2) is 23.1 Å². The summed E-state index contributed by atoms with van der Waals surface area (Å²) in [5.74, 6) is 1.44. The lowest BCUT2D eigenvalue weighted by Gasteiger charge is -2.31. The molecule has 4 heterocycles. The molecular weight excluding hydrogens is 334 g/mol. The fourth-order valence-corrected chi connectivity index (χ4v) is 4.00. The number of furan rings is 1. The maximum absolute atomic E-state index is 13.1. The van der Waals surface area contributed by atoms with Gasteiger partial charge in [0.25, 0.3) is 5.91 Å². The molecule has 8 nitrogen and oxygen atoms in total. The highest BCUT2D eigenvalue weighted by molar-refractivity contribution is 5.95. The van der Waals surface area contributed by atoms with Gasteiger partial charge in [0.05, 0.1) is 11.8 Å². The minimum absolute atomic E-state index is 0.0283. The molecule has 2 atom stereocenters. The first-order valence-electron chi connectivity index (χ1n) is 9.16. The number of amides is 2. The quantitative estimate of drug-likeness (QED) is 0.894. The topological polar surface area (TPSA) is 93.3 Å². The lowest BCUT2D eigenvalue weighted by atomic mass is 10.0. The van der Waals surface area contributed by atoms with E-state index in [1.807, 2.05) is 9.47 Å². The highest BCUT2D eigenvalue weighted by Gasteiger charge is 2.36. The van der Waals surface area contributed by atoms with Crippen LogP contribution in [0.25, 0.3) is 0 Å². The predicted molar refractivity (Wildman–Crippen MR) is 92.5 cm³/mol. The monoisotopic (exact) mass is 357 g/mol. The van der Waals surface area contributed by atoms with Crippen LogP contribution in [0.5, 0.6) is 0 Å². The van der Waals surface area contributed by atoms with E-state index in [1.165, 1.54) is 6.26 Å². The summed E-state index contributed by atoms with van der Waals surface area (Å²) >= 11 is 0. The fraction of sp³-hybridized carbons (Fsp3) is 0.556. The molecule has 26 heavy (non-hydrogen) atoms. The molecule has 0 spiro atoms. The third-order valence-corrected chi connectivity index (χ3v) is 5.41. The first-order valence-corrected chi connectivity index (χ1v) is 9.16. The lowest BCUT2D eigenvalue weighted by Crippen LogP contribution is -2.46. The summed E-state index contributed by atoms with van der Waals surface area (Å²) in [6.07, 6.45) is 7.66. The summed E-state index contributed by atoms with van der Waals surface area (Å²) in [6.45, 7) is 2.95. The Balaban J connectivity index is 1.42. The number of aryl methyl sites for hydroxylation is 2. The van der Waals surface area contributed by atoms with Crippen LogP contribution >= 0.6 is 0 Å². The SMILES string of the molecule is Cc1occc1C(=O)NC[C@H]1CCCN1C(=O)C1CCCc2nncn21. The molecule has 2 aromatic heterocycles. The third kappa shape index (κ3) is 3.00. The number of hydrogen-bond acceptors (Lipinski definition) is 5. The van der Waals surface area contributed by atoms with E-state index < -0.39 is 0 Å². The van der Waals surface area contributed by atoms with Gasteiger partial charge in [-0.1, -0.05) is 0 Å². The second-order valence-corrected chi connectivity index (χ2v) is 6.99. The highest BCUT2D eigenvalue weighted by Crippen LogP contribution is 2.28. The molecule has 4 rings (SSSR count). The van der Waals surface area contributed by atoms with Crippen molar-refractivity contribution in [1.29, 1.82) is 0 Å². The average Bonchev–Trinajstić information content (AvgIpc) is 3.38. The van der Waals surface area contributed by atoms with Crippen molar-refractivity contribution in [3.63, 3.8) is 0 Å². The largest absolute Gasteiger partial charge is 0.469 e. The number of nitrogens with one attached hydrogen (secondary N) is 1. The van der Waals surface area contributed by atoms with E-state index in [2.05, 4.69) is 15.5 Å². The molecule has 2 amide bonds. The molecule has 1 unspecified atom stereocenters. The Hall–Kier alpha value is -2.64. The van der Waals surface area contributed by atoms with Crippen LogP contribution in [-0.2, 0) is 11.2 Å². The Kier molecular flexibility index (Phi) is 4.48. The maximum Gasteiger partial charge on any atom is 0.254 e. The molecule has 2 aliphatic heterocycles. The van der Waals surface area contributed by atoms with Gasteiger partial charge in [0.2, 0.25) is 5.91 Å². The van der Waals surface area contributed by atoms with Gasteiger partial charge in [-0.05, 0) is 38.7 Å². The van der Waals surface area contributed by atoms with E-state index in [-0.39, 0.29) is 23.9 Å². The molecule has 1 fully saturated rings. The Bertz CT molecular complexity index is 811. The first kappa shape index (κ1) is 16.8. The number of aromatic nitrogens is 3. The van der Waals surface area contributed by atoms with Crippen LogP contribution < -0.4 is 5.32 Å². The zero-order valence-electron chi connectivity index (χ0n) is 14.9. The van der Waals surface area contributed by atoms with Crippen LogP contribution in [0.3, 0.4) is 0 Å². The van der Waals surface area contributed by atoms with E-state index in [0.29, 0.717) is 17.9 Å². The van der Waals surface area contributed by atoms with E-state index in [4.69, 9.17) is 4.42 Å². The number of rotatable bonds is 4. The molecule has 2 aliphatic rings. The molecule has 0 aliphatic carbocycles. The number of nitrogens with zero attached hydrogens (tertiary/aromatic N) is 4. The smallest absolute Gasteiger partial charge is 0.254 e. The molecule has 8 heteroatoms. The third-order valence-electron chi connectivity index (χ3n) is 5.41. The summed E-state index contributed by atoms with van der Waals surface area (Å²) in [5, 5.41) is 11.0.